The van der Waals surface area contributed by atoms with Crippen molar-refractivity contribution in [1.82, 2.24) is 10.2 Å². The predicted octanol–water partition coefficient (Wildman–Crippen LogP) is 0.988. The number of rotatable bonds is 6. The number of piperazine rings is 1. The van der Waals surface area contributed by atoms with Gasteiger partial charge in [0.15, 0.2) is 11.5 Å². The maximum atomic E-state index is 5.79. The van der Waals surface area contributed by atoms with Crippen molar-refractivity contribution < 1.29 is 14.2 Å². The lowest BCUT2D eigenvalue weighted by atomic mass is 10.3. The lowest BCUT2D eigenvalue weighted by molar-refractivity contribution is 0.188. The van der Waals surface area contributed by atoms with Crippen LogP contribution in [0, 0.1) is 0 Å². The number of hydrogen-bond donors (Lipinski definition) is 1. The summed E-state index contributed by atoms with van der Waals surface area (Å²) in [7, 11) is 3.28. The first-order valence-corrected chi connectivity index (χ1v) is 6.61. The van der Waals surface area contributed by atoms with Gasteiger partial charge in [-0.1, -0.05) is 0 Å². The van der Waals surface area contributed by atoms with Gasteiger partial charge in [0, 0.05) is 38.8 Å². The summed E-state index contributed by atoms with van der Waals surface area (Å²) in [6, 6.07) is 5.60. The number of nitrogens with one attached hydrogen (secondary N) is 1. The minimum absolute atomic E-state index is 0.669. The number of ether oxygens (including phenoxy) is 3. The third kappa shape index (κ3) is 4.01. The average Bonchev–Trinajstić information content (AvgIpc) is 2.48. The first-order chi connectivity index (χ1) is 9.33. The highest BCUT2D eigenvalue weighted by atomic mass is 16.5. The molecule has 0 aliphatic carbocycles. The molecule has 1 aromatic carbocycles. The lowest BCUT2D eigenvalue weighted by Gasteiger charge is -2.27. The van der Waals surface area contributed by atoms with Crippen molar-refractivity contribution in [1.29, 1.82) is 0 Å². The van der Waals surface area contributed by atoms with Gasteiger partial charge in [-0.3, -0.25) is 4.90 Å². The molecule has 1 aliphatic heterocycles. The maximum absolute atomic E-state index is 5.79. The minimum atomic E-state index is 0.669. The average molecular weight is 266 g/mol. The van der Waals surface area contributed by atoms with Gasteiger partial charge in [-0.25, -0.2) is 0 Å². The smallest absolute Gasteiger partial charge is 0.164 e. The lowest BCUT2D eigenvalue weighted by Crippen LogP contribution is -2.44. The van der Waals surface area contributed by atoms with E-state index in [0.29, 0.717) is 12.4 Å². The largest absolute Gasteiger partial charge is 0.497 e. The van der Waals surface area contributed by atoms with Gasteiger partial charge >= 0.3 is 0 Å². The van der Waals surface area contributed by atoms with Gasteiger partial charge < -0.3 is 19.5 Å². The van der Waals surface area contributed by atoms with E-state index in [1.165, 1.54) is 0 Å². The maximum Gasteiger partial charge on any atom is 0.164 e. The topological polar surface area (TPSA) is 43.0 Å². The molecule has 1 saturated heterocycles. The van der Waals surface area contributed by atoms with Crippen LogP contribution in [0.3, 0.4) is 0 Å². The Morgan fingerprint density at radius 2 is 1.89 bits per heavy atom. The zero-order valence-corrected chi connectivity index (χ0v) is 11.6. The van der Waals surface area contributed by atoms with Gasteiger partial charge in [-0.2, -0.15) is 0 Å². The quantitative estimate of drug-likeness (QED) is 0.831. The molecular formula is C14H22N2O3. The third-order valence-corrected chi connectivity index (χ3v) is 3.25. The number of hydrogen-bond acceptors (Lipinski definition) is 5. The second-order valence-electron chi connectivity index (χ2n) is 4.46. The monoisotopic (exact) mass is 266 g/mol. The van der Waals surface area contributed by atoms with Crippen LogP contribution in [-0.2, 0) is 0 Å². The van der Waals surface area contributed by atoms with Gasteiger partial charge in [-0.05, 0) is 12.1 Å². The summed E-state index contributed by atoms with van der Waals surface area (Å²) in [5.41, 5.74) is 0. The van der Waals surface area contributed by atoms with Crippen molar-refractivity contribution in [2.75, 3.05) is 53.6 Å². The standard InChI is InChI=1S/C14H22N2O3/c1-17-12-3-4-13(14(11-12)18-2)19-10-9-16-7-5-15-6-8-16/h3-4,11,15H,5-10H2,1-2H3. The number of methoxy groups -OCH3 is 2. The molecule has 0 unspecified atom stereocenters. The Kier molecular flexibility index (Phi) is 5.30. The molecule has 5 nitrogen and oxygen atoms in total. The van der Waals surface area contributed by atoms with Crippen LogP contribution in [0.15, 0.2) is 18.2 Å². The Balaban J connectivity index is 1.84. The van der Waals surface area contributed by atoms with Crippen LogP contribution >= 0.6 is 0 Å². The van der Waals surface area contributed by atoms with E-state index in [-0.39, 0.29) is 0 Å². The van der Waals surface area contributed by atoms with Crippen LogP contribution in [0.25, 0.3) is 0 Å². The zero-order chi connectivity index (χ0) is 13.5. The second-order valence-corrected chi connectivity index (χ2v) is 4.46. The molecule has 0 atom stereocenters. The van der Waals surface area contributed by atoms with Crippen LogP contribution in [0.5, 0.6) is 17.2 Å². The first-order valence-electron chi connectivity index (χ1n) is 6.61. The van der Waals surface area contributed by atoms with Gasteiger partial charge in [-0.15, -0.1) is 0 Å². The van der Waals surface area contributed by atoms with Crippen LogP contribution in [0.1, 0.15) is 0 Å². The molecule has 0 bridgehead atoms. The van der Waals surface area contributed by atoms with Crippen LogP contribution in [0.2, 0.25) is 0 Å². The summed E-state index contributed by atoms with van der Waals surface area (Å²) >= 11 is 0. The molecule has 2 rings (SSSR count). The SMILES string of the molecule is COc1ccc(OCCN2CCNCC2)c(OC)c1. The van der Waals surface area contributed by atoms with Gasteiger partial charge in [0.25, 0.3) is 0 Å². The number of benzene rings is 1. The zero-order valence-electron chi connectivity index (χ0n) is 11.6. The van der Waals surface area contributed by atoms with Crippen molar-refractivity contribution in [3.8, 4) is 17.2 Å². The van der Waals surface area contributed by atoms with Gasteiger partial charge in [0.2, 0.25) is 0 Å². The molecule has 1 aliphatic rings. The Morgan fingerprint density at radius 3 is 2.58 bits per heavy atom. The van der Waals surface area contributed by atoms with Crippen molar-refractivity contribution >= 4 is 0 Å². The summed E-state index contributed by atoms with van der Waals surface area (Å²) in [6.07, 6.45) is 0. The molecule has 1 heterocycles. The molecule has 0 amide bonds. The van der Waals surface area contributed by atoms with Gasteiger partial charge in [0.1, 0.15) is 12.4 Å². The van der Waals surface area contributed by atoms with Crippen molar-refractivity contribution in [2.45, 2.75) is 0 Å². The molecule has 1 fully saturated rings. The third-order valence-electron chi connectivity index (χ3n) is 3.25. The summed E-state index contributed by atoms with van der Waals surface area (Å²) in [6.45, 7) is 5.91. The Labute approximate surface area is 114 Å². The Hall–Kier alpha value is -1.46. The summed E-state index contributed by atoms with van der Waals surface area (Å²) in [5, 5.41) is 3.34. The Morgan fingerprint density at radius 1 is 1.11 bits per heavy atom. The van der Waals surface area contributed by atoms with E-state index in [4.69, 9.17) is 14.2 Å². The summed E-state index contributed by atoms with van der Waals surface area (Å²) < 4.78 is 16.2. The number of nitrogens with zero attached hydrogens (tertiary/aromatic N) is 1. The molecule has 1 aromatic rings. The van der Waals surface area contributed by atoms with Crippen LogP contribution in [0.4, 0.5) is 0 Å². The van der Waals surface area contributed by atoms with Crippen molar-refractivity contribution in [2.24, 2.45) is 0 Å². The molecule has 5 heteroatoms. The summed E-state index contributed by atoms with van der Waals surface area (Å²) in [4.78, 5) is 2.40. The molecule has 0 saturated carbocycles. The van der Waals surface area contributed by atoms with E-state index in [0.717, 1.165) is 44.2 Å². The van der Waals surface area contributed by atoms with Crippen LogP contribution < -0.4 is 19.5 Å². The van der Waals surface area contributed by atoms with E-state index in [1.807, 2.05) is 18.2 Å². The Bertz CT molecular complexity index is 392. The van der Waals surface area contributed by atoms with Crippen molar-refractivity contribution in [3.05, 3.63) is 18.2 Å². The molecular weight excluding hydrogens is 244 g/mol. The van der Waals surface area contributed by atoms with E-state index in [9.17, 15) is 0 Å². The fourth-order valence-electron chi connectivity index (χ4n) is 2.11. The second kappa shape index (κ2) is 7.21. The van der Waals surface area contributed by atoms with E-state index >= 15 is 0 Å². The normalized spacial score (nSPS) is 16.1. The van der Waals surface area contributed by atoms with E-state index < -0.39 is 0 Å². The molecule has 106 valence electrons. The highest BCUT2D eigenvalue weighted by molar-refractivity contribution is 5.45. The molecule has 19 heavy (non-hydrogen) atoms. The molecule has 0 aromatic heterocycles. The minimum Gasteiger partial charge on any atom is -0.497 e. The highest BCUT2D eigenvalue weighted by Gasteiger charge is 2.10. The van der Waals surface area contributed by atoms with Crippen LogP contribution in [-0.4, -0.2) is 58.5 Å². The predicted molar refractivity (Wildman–Crippen MR) is 74.4 cm³/mol. The molecule has 0 radical (unpaired) electrons. The molecule has 1 N–H and O–H groups in total. The molecule has 0 spiro atoms. The summed E-state index contributed by atoms with van der Waals surface area (Å²) in [5.74, 6) is 2.24. The van der Waals surface area contributed by atoms with E-state index in [2.05, 4.69) is 10.2 Å². The van der Waals surface area contributed by atoms with Gasteiger partial charge in [0.05, 0.1) is 14.2 Å². The fraction of sp³-hybridized carbons (Fsp3) is 0.571. The first kappa shape index (κ1) is 14.0. The highest BCUT2D eigenvalue weighted by Crippen LogP contribution is 2.30. The van der Waals surface area contributed by atoms with E-state index in [1.54, 1.807) is 14.2 Å². The van der Waals surface area contributed by atoms with Crippen molar-refractivity contribution in [3.63, 3.8) is 0 Å². The fourth-order valence-corrected chi connectivity index (χ4v) is 2.11.